The van der Waals surface area contributed by atoms with Crippen molar-refractivity contribution in [2.45, 2.75) is 55.7 Å². The van der Waals surface area contributed by atoms with Gasteiger partial charge >= 0.3 is 15.6 Å². The number of hydrogen-bond acceptors (Lipinski definition) is 8. The van der Waals surface area contributed by atoms with E-state index in [0.29, 0.717) is 11.1 Å². The summed E-state index contributed by atoms with van der Waals surface area (Å²) >= 11 is 0. The molecule has 3 aromatic rings. The molecule has 214 valence electrons. The minimum atomic E-state index is -6.04. The van der Waals surface area contributed by atoms with Gasteiger partial charge in [0.05, 0.1) is 19.8 Å². The molecule has 0 unspecified atom stereocenters. The summed E-state index contributed by atoms with van der Waals surface area (Å²) in [5.41, 5.74) is -3.49. The molecule has 0 spiro atoms. The lowest BCUT2D eigenvalue weighted by molar-refractivity contribution is -0.361. The van der Waals surface area contributed by atoms with E-state index in [-0.39, 0.29) is 19.8 Å². The van der Waals surface area contributed by atoms with Gasteiger partial charge in [0.15, 0.2) is 6.29 Å². The Morgan fingerprint density at radius 2 is 1.27 bits per heavy atom. The molecular weight excluding hydrogens is 553 g/mol. The van der Waals surface area contributed by atoms with Gasteiger partial charge in [0.1, 0.15) is 24.4 Å². The number of hydrogen-bond donors (Lipinski definition) is 0. The number of benzene rings is 3. The maximum atomic E-state index is 13.3. The smallest absolute Gasteiger partial charge is 0.368 e. The van der Waals surface area contributed by atoms with E-state index < -0.39 is 52.6 Å². The zero-order chi connectivity index (χ0) is 28.2. The average molecular weight is 581 g/mol. The number of rotatable bonds is 9. The zero-order valence-electron chi connectivity index (χ0n) is 21.1. The number of halogens is 3. The summed E-state index contributed by atoms with van der Waals surface area (Å²) in [5, 5.41) is 0. The molecule has 0 N–H and O–H groups in total. The first-order chi connectivity index (χ1) is 19.2. The van der Waals surface area contributed by atoms with E-state index in [0.717, 1.165) is 5.56 Å². The van der Waals surface area contributed by atoms with Crippen LogP contribution in [0.5, 0.6) is 0 Å². The molecule has 0 aromatic heterocycles. The first kappa shape index (κ1) is 28.7. The van der Waals surface area contributed by atoms with Crippen LogP contribution in [-0.2, 0) is 51.2 Å². The molecule has 0 radical (unpaired) electrons. The number of alkyl halides is 3. The molecule has 6 atom stereocenters. The van der Waals surface area contributed by atoms with Gasteiger partial charge in [0, 0.05) is 5.56 Å². The second-order valence-corrected chi connectivity index (χ2v) is 10.8. The maximum absolute atomic E-state index is 13.3. The molecule has 12 heteroatoms. The molecule has 8 nitrogen and oxygen atoms in total. The van der Waals surface area contributed by atoms with Crippen molar-refractivity contribution in [1.82, 2.24) is 0 Å². The molecule has 2 heterocycles. The van der Waals surface area contributed by atoms with Gasteiger partial charge in [-0.1, -0.05) is 91.0 Å². The predicted octanol–water partition coefficient (Wildman–Crippen LogP) is 4.86. The van der Waals surface area contributed by atoms with Gasteiger partial charge in [-0.15, -0.1) is 0 Å². The van der Waals surface area contributed by atoms with Gasteiger partial charge < -0.3 is 23.7 Å². The second-order valence-electron chi connectivity index (χ2n) is 9.24. The van der Waals surface area contributed by atoms with Crippen molar-refractivity contribution in [3.8, 4) is 0 Å². The Morgan fingerprint density at radius 1 is 0.750 bits per heavy atom. The third-order valence-electron chi connectivity index (χ3n) is 6.43. The van der Waals surface area contributed by atoms with E-state index in [1.165, 1.54) is 0 Å². The van der Waals surface area contributed by atoms with Gasteiger partial charge in [-0.25, -0.2) is 4.18 Å². The molecule has 2 aliphatic heterocycles. The van der Waals surface area contributed by atoms with Crippen LogP contribution in [-0.4, -0.2) is 51.2 Å². The summed E-state index contributed by atoms with van der Waals surface area (Å²) in [6.07, 6.45) is -7.22. The van der Waals surface area contributed by atoms with E-state index in [4.69, 9.17) is 23.7 Å². The fourth-order valence-corrected chi connectivity index (χ4v) is 5.00. The molecule has 0 aliphatic carbocycles. The van der Waals surface area contributed by atoms with E-state index in [2.05, 4.69) is 4.18 Å². The lowest BCUT2D eigenvalue weighted by atomic mass is 9.97. The Balaban J connectivity index is 1.47. The average Bonchev–Trinajstić information content (AvgIpc) is 2.95. The minimum absolute atomic E-state index is 0.0406. The maximum Gasteiger partial charge on any atom is 0.523 e. The van der Waals surface area contributed by atoms with Crippen LogP contribution >= 0.6 is 0 Å². The molecule has 3 aromatic carbocycles. The van der Waals surface area contributed by atoms with Crippen LogP contribution in [0.25, 0.3) is 0 Å². The van der Waals surface area contributed by atoms with Crippen LogP contribution in [0.15, 0.2) is 91.0 Å². The first-order valence-electron chi connectivity index (χ1n) is 12.5. The van der Waals surface area contributed by atoms with Crippen molar-refractivity contribution in [2.75, 3.05) is 6.61 Å². The molecule has 2 aliphatic rings. The second kappa shape index (κ2) is 12.4. The molecule has 0 amide bonds. The monoisotopic (exact) mass is 580 g/mol. The summed E-state index contributed by atoms with van der Waals surface area (Å²) < 4.78 is 98.6. The van der Waals surface area contributed by atoms with E-state index in [1.54, 1.807) is 42.5 Å². The Labute approximate surface area is 229 Å². The number of ether oxygens (including phenoxy) is 5. The van der Waals surface area contributed by atoms with Crippen molar-refractivity contribution < 1.29 is 49.5 Å². The van der Waals surface area contributed by atoms with Crippen molar-refractivity contribution in [3.05, 3.63) is 108 Å². The number of fused-ring (bicyclic) bond motifs is 1. The van der Waals surface area contributed by atoms with Gasteiger partial charge in [-0.2, -0.15) is 21.6 Å². The highest BCUT2D eigenvalue weighted by Gasteiger charge is 2.56. The largest absolute Gasteiger partial charge is 0.523 e. The summed E-state index contributed by atoms with van der Waals surface area (Å²) in [5.74, 6) is 0. The Kier molecular flexibility index (Phi) is 8.86. The quantitative estimate of drug-likeness (QED) is 0.262. The van der Waals surface area contributed by atoms with Crippen molar-refractivity contribution in [3.63, 3.8) is 0 Å². The molecular formula is C28H27F3O8S. The van der Waals surface area contributed by atoms with Gasteiger partial charge in [-0.3, -0.25) is 0 Å². The van der Waals surface area contributed by atoms with Crippen molar-refractivity contribution in [2.24, 2.45) is 0 Å². The third kappa shape index (κ3) is 6.72. The fraction of sp³-hybridized carbons (Fsp3) is 0.357. The van der Waals surface area contributed by atoms with Crippen LogP contribution in [0.1, 0.15) is 23.0 Å². The van der Waals surface area contributed by atoms with Crippen LogP contribution in [0.4, 0.5) is 13.2 Å². The van der Waals surface area contributed by atoms with Crippen LogP contribution < -0.4 is 0 Å². The Bertz CT molecular complexity index is 1330. The minimum Gasteiger partial charge on any atom is -0.368 e. The standard InChI is InChI=1S/C28H27F3O8S/c29-28(30,31)40(32,33)39-27-25(35-17-20-12-6-2-7-13-20)24(34-16-19-10-4-1-5-11-19)23-22(37-27)18-36-26(38-23)21-14-8-3-9-15-21/h1-15,22-27H,16-18H2/t22-,23-,24+,25+,26-,27-/m1/s1. The van der Waals surface area contributed by atoms with Crippen LogP contribution in [0.3, 0.4) is 0 Å². The van der Waals surface area contributed by atoms with E-state index in [9.17, 15) is 21.6 Å². The lowest BCUT2D eigenvalue weighted by Crippen LogP contribution is -2.64. The molecule has 2 fully saturated rings. The molecule has 2 saturated heterocycles. The van der Waals surface area contributed by atoms with Crippen LogP contribution in [0, 0.1) is 0 Å². The van der Waals surface area contributed by atoms with Gasteiger partial charge in [0.2, 0.25) is 6.29 Å². The normalized spacial score (nSPS) is 27.2. The van der Waals surface area contributed by atoms with Gasteiger partial charge in [0.25, 0.3) is 0 Å². The first-order valence-corrected chi connectivity index (χ1v) is 13.9. The highest BCUT2D eigenvalue weighted by Crippen LogP contribution is 2.39. The molecule has 40 heavy (non-hydrogen) atoms. The fourth-order valence-electron chi connectivity index (χ4n) is 4.48. The summed E-state index contributed by atoms with van der Waals surface area (Å²) in [7, 11) is -6.04. The third-order valence-corrected chi connectivity index (χ3v) is 7.44. The Morgan fingerprint density at radius 3 is 1.82 bits per heavy atom. The summed E-state index contributed by atoms with van der Waals surface area (Å²) in [6, 6.07) is 27.0. The van der Waals surface area contributed by atoms with Gasteiger partial charge in [-0.05, 0) is 11.1 Å². The van der Waals surface area contributed by atoms with Crippen molar-refractivity contribution >= 4 is 10.1 Å². The molecule has 0 bridgehead atoms. The molecule has 0 saturated carbocycles. The highest BCUT2D eigenvalue weighted by atomic mass is 32.2. The summed E-state index contributed by atoms with van der Waals surface area (Å²) in [6.45, 7) is -0.159. The summed E-state index contributed by atoms with van der Waals surface area (Å²) in [4.78, 5) is 0. The Hall–Kier alpha value is -2.84. The SMILES string of the molecule is O=S(=O)(O[C@H]1O[C@@H]2CO[C@@H](c3ccccc3)O[C@H]2[C@H](OCc2ccccc2)[C@@H]1OCc1ccccc1)C(F)(F)F. The topological polar surface area (TPSA) is 89.5 Å². The van der Waals surface area contributed by atoms with Crippen LogP contribution in [0.2, 0.25) is 0 Å². The zero-order valence-corrected chi connectivity index (χ0v) is 21.9. The molecule has 5 rings (SSSR count). The van der Waals surface area contributed by atoms with Crippen molar-refractivity contribution in [1.29, 1.82) is 0 Å². The predicted molar refractivity (Wildman–Crippen MR) is 135 cm³/mol. The van der Waals surface area contributed by atoms with E-state index in [1.807, 2.05) is 48.5 Å². The lowest BCUT2D eigenvalue weighted by Gasteiger charge is -2.48. The van der Waals surface area contributed by atoms with E-state index >= 15 is 0 Å². The highest BCUT2D eigenvalue weighted by molar-refractivity contribution is 7.87.